The quantitative estimate of drug-likeness (QED) is 0.190. The molecule has 0 amide bonds. The summed E-state index contributed by atoms with van der Waals surface area (Å²) in [6, 6.07) is 0. The van der Waals surface area contributed by atoms with Gasteiger partial charge in [-0.25, -0.2) is 4.79 Å². The lowest BCUT2D eigenvalue weighted by Gasteiger charge is -2.50. The Morgan fingerprint density at radius 1 is 1.17 bits per heavy atom. The molecule has 2 aliphatic rings. The smallest absolute Gasteiger partial charge is 0.333 e. The number of ether oxygens (including phenoxy) is 2. The van der Waals surface area contributed by atoms with Crippen LogP contribution in [0, 0.1) is 11.3 Å². The van der Waals surface area contributed by atoms with Crippen molar-refractivity contribution in [3.05, 3.63) is 23.8 Å². The summed E-state index contributed by atoms with van der Waals surface area (Å²) < 4.78 is 10.2. The molecule has 1 saturated carbocycles. The summed E-state index contributed by atoms with van der Waals surface area (Å²) in [6.07, 6.45) is -2.81. The first-order valence-corrected chi connectivity index (χ1v) is 10.1. The summed E-state index contributed by atoms with van der Waals surface area (Å²) in [6.45, 7) is 6.62. The fourth-order valence-electron chi connectivity index (χ4n) is 4.29. The molecule has 1 heterocycles. The van der Waals surface area contributed by atoms with Crippen LogP contribution in [-0.4, -0.2) is 85.6 Å². The van der Waals surface area contributed by atoms with E-state index < -0.39 is 60.4 Å². The third-order valence-corrected chi connectivity index (χ3v) is 6.23. The molecule has 0 unspecified atom stereocenters. The van der Waals surface area contributed by atoms with Crippen molar-refractivity contribution in [1.29, 1.82) is 0 Å². The van der Waals surface area contributed by atoms with E-state index in [-0.39, 0.29) is 5.92 Å². The van der Waals surface area contributed by atoms with Crippen molar-refractivity contribution < 1.29 is 44.9 Å². The summed E-state index contributed by atoms with van der Waals surface area (Å²) in [7, 11) is 0. The molecule has 9 nitrogen and oxygen atoms in total. The molecule has 0 aromatic rings. The van der Waals surface area contributed by atoms with E-state index in [0.29, 0.717) is 18.4 Å². The van der Waals surface area contributed by atoms with Crippen molar-refractivity contribution in [2.75, 3.05) is 6.61 Å². The SMILES string of the molecule is C/C(C=C[C@@]1(O)[C@@H](C)C[C@@H](O)CC1(C)C)=C\C(=O)O[C@@H]1O[C@H](CO)[C@@H](O)[C@H](O)[C@H]1O. The van der Waals surface area contributed by atoms with Crippen molar-refractivity contribution in [3.8, 4) is 0 Å². The highest BCUT2D eigenvalue weighted by molar-refractivity contribution is 5.83. The number of hydrogen-bond donors (Lipinski definition) is 6. The van der Waals surface area contributed by atoms with Gasteiger partial charge in [0.25, 0.3) is 0 Å². The molecule has 9 heteroatoms. The fraction of sp³-hybridized carbons (Fsp3) is 0.762. The van der Waals surface area contributed by atoms with Gasteiger partial charge in [-0.15, -0.1) is 0 Å². The van der Waals surface area contributed by atoms with Gasteiger partial charge in [0.15, 0.2) is 0 Å². The van der Waals surface area contributed by atoms with Crippen LogP contribution in [-0.2, 0) is 14.3 Å². The van der Waals surface area contributed by atoms with Crippen LogP contribution < -0.4 is 0 Å². The third kappa shape index (κ3) is 5.11. The Labute approximate surface area is 176 Å². The predicted molar refractivity (Wildman–Crippen MR) is 106 cm³/mol. The van der Waals surface area contributed by atoms with Crippen molar-refractivity contribution in [2.45, 2.75) is 82.9 Å². The third-order valence-electron chi connectivity index (χ3n) is 6.23. The second-order valence-electron chi connectivity index (χ2n) is 9.06. The molecule has 1 aliphatic heterocycles. The highest BCUT2D eigenvalue weighted by atomic mass is 16.7. The maximum absolute atomic E-state index is 12.2. The molecular weight excluding hydrogens is 396 g/mol. The van der Waals surface area contributed by atoms with Gasteiger partial charge in [0.1, 0.15) is 24.4 Å². The lowest BCUT2D eigenvalue weighted by molar-refractivity contribution is -0.291. The maximum Gasteiger partial charge on any atom is 0.333 e. The molecule has 6 N–H and O–H groups in total. The van der Waals surface area contributed by atoms with Crippen LogP contribution in [0.2, 0.25) is 0 Å². The molecule has 1 aliphatic carbocycles. The Hall–Kier alpha value is -1.33. The topological polar surface area (TPSA) is 157 Å². The molecule has 172 valence electrons. The van der Waals surface area contributed by atoms with Crippen LogP contribution in [0.5, 0.6) is 0 Å². The van der Waals surface area contributed by atoms with Crippen LogP contribution in [0.4, 0.5) is 0 Å². The van der Waals surface area contributed by atoms with E-state index >= 15 is 0 Å². The molecule has 30 heavy (non-hydrogen) atoms. The zero-order valence-electron chi connectivity index (χ0n) is 17.8. The normalized spacial score (nSPS) is 42.3. The zero-order chi connectivity index (χ0) is 22.9. The van der Waals surface area contributed by atoms with E-state index in [1.807, 2.05) is 20.8 Å². The van der Waals surface area contributed by atoms with Crippen molar-refractivity contribution in [3.63, 3.8) is 0 Å². The number of allylic oxidation sites excluding steroid dienone is 2. The van der Waals surface area contributed by atoms with Crippen molar-refractivity contribution in [1.82, 2.24) is 0 Å². The van der Waals surface area contributed by atoms with Crippen LogP contribution in [0.15, 0.2) is 23.8 Å². The Kier molecular flexibility index (Phi) is 7.84. The Balaban J connectivity index is 2.07. The highest BCUT2D eigenvalue weighted by Gasteiger charge is 2.50. The van der Waals surface area contributed by atoms with E-state index in [1.165, 1.54) is 0 Å². The maximum atomic E-state index is 12.2. The number of aliphatic hydroxyl groups excluding tert-OH is 5. The summed E-state index contributed by atoms with van der Waals surface area (Å²) in [5.41, 5.74) is -1.28. The zero-order valence-corrected chi connectivity index (χ0v) is 17.8. The van der Waals surface area contributed by atoms with E-state index in [1.54, 1.807) is 19.1 Å². The second-order valence-corrected chi connectivity index (χ2v) is 9.06. The van der Waals surface area contributed by atoms with Crippen LogP contribution >= 0.6 is 0 Å². The molecule has 0 aromatic heterocycles. The first-order valence-electron chi connectivity index (χ1n) is 10.1. The Bertz CT molecular complexity index is 671. The van der Waals surface area contributed by atoms with Crippen LogP contribution in [0.25, 0.3) is 0 Å². The van der Waals surface area contributed by atoms with Gasteiger partial charge in [-0.1, -0.05) is 32.9 Å². The van der Waals surface area contributed by atoms with Gasteiger partial charge in [-0.2, -0.15) is 0 Å². The second kappa shape index (κ2) is 9.44. The minimum Gasteiger partial charge on any atom is -0.430 e. The molecule has 0 radical (unpaired) electrons. The van der Waals surface area contributed by atoms with Crippen LogP contribution in [0.1, 0.15) is 40.5 Å². The lowest BCUT2D eigenvalue weighted by Crippen LogP contribution is -2.59. The summed E-state index contributed by atoms with van der Waals surface area (Å²) in [5.74, 6) is -1.05. The standard InChI is InChI=1S/C21H34O9/c1-11(5-6-21(28)12(2)8-13(23)9-20(21,3)4)7-15(24)30-19-18(27)17(26)16(25)14(10-22)29-19/h5-7,12-14,16-19,22-23,25-28H,8-10H2,1-4H3/b6-5?,11-7+/t12-,13+,14+,16+,17-,18+,19-,21+/m0/s1. The average molecular weight is 430 g/mol. The molecule has 2 fully saturated rings. The van der Waals surface area contributed by atoms with Gasteiger partial charge in [-0.05, 0) is 36.7 Å². The Morgan fingerprint density at radius 3 is 2.37 bits per heavy atom. The van der Waals surface area contributed by atoms with Gasteiger partial charge in [0, 0.05) is 6.08 Å². The molecule has 0 bridgehead atoms. The van der Waals surface area contributed by atoms with Gasteiger partial charge in [0.2, 0.25) is 6.29 Å². The number of aliphatic hydroxyl groups is 6. The first kappa shape index (κ1) is 24.9. The molecule has 2 rings (SSSR count). The minimum absolute atomic E-state index is 0.193. The number of hydrogen-bond acceptors (Lipinski definition) is 9. The largest absolute Gasteiger partial charge is 0.430 e. The first-order chi connectivity index (χ1) is 13.8. The molecular formula is C21H34O9. The number of rotatable bonds is 5. The molecule has 8 atom stereocenters. The highest BCUT2D eigenvalue weighted by Crippen LogP contribution is 2.48. The monoisotopic (exact) mass is 430 g/mol. The number of carbonyl (C=O) groups is 1. The minimum atomic E-state index is -1.67. The van der Waals surface area contributed by atoms with Crippen molar-refractivity contribution in [2.24, 2.45) is 11.3 Å². The summed E-state index contributed by atoms with van der Waals surface area (Å²) in [4.78, 5) is 12.2. The van der Waals surface area contributed by atoms with E-state index in [4.69, 9.17) is 9.47 Å². The van der Waals surface area contributed by atoms with E-state index in [9.17, 15) is 35.4 Å². The number of carbonyl (C=O) groups excluding carboxylic acids is 1. The van der Waals surface area contributed by atoms with Crippen molar-refractivity contribution >= 4 is 5.97 Å². The van der Waals surface area contributed by atoms with Gasteiger partial charge in [0.05, 0.1) is 18.3 Å². The summed E-state index contributed by atoms with van der Waals surface area (Å²) in [5, 5.41) is 59.8. The van der Waals surface area contributed by atoms with E-state index in [2.05, 4.69) is 0 Å². The fourth-order valence-corrected chi connectivity index (χ4v) is 4.29. The van der Waals surface area contributed by atoms with E-state index in [0.717, 1.165) is 6.08 Å². The Morgan fingerprint density at radius 2 is 1.80 bits per heavy atom. The van der Waals surface area contributed by atoms with Gasteiger partial charge in [-0.3, -0.25) is 0 Å². The van der Waals surface area contributed by atoms with Gasteiger partial charge < -0.3 is 40.1 Å². The molecule has 0 spiro atoms. The molecule has 1 saturated heterocycles. The van der Waals surface area contributed by atoms with Crippen LogP contribution in [0.3, 0.4) is 0 Å². The molecule has 0 aromatic carbocycles. The summed E-state index contributed by atoms with van der Waals surface area (Å²) >= 11 is 0. The number of esters is 1. The predicted octanol–water partition coefficient (Wildman–Crippen LogP) is -0.620. The average Bonchev–Trinajstić information content (AvgIpc) is 2.64. The van der Waals surface area contributed by atoms with Gasteiger partial charge >= 0.3 is 5.97 Å². The lowest BCUT2D eigenvalue weighted by atomic mass is 9.60.